The summed E-state index contributed by atoms with van der Waals surface area (Å²) in [6, 6.07) is 30.1. The molecule has 1 radical (unpaired) electrons. The van der Waals surface area contributed by atoms with Crippen molar-refractivity contribution in [2.75, 3.05) is 5.32 Å². The largest absolute Gasteiger partial charge is 0.368 e. The summed E-state index contributed by atoms with van der Waals surface area (Å²) in [6.07, 6.45) is 4.01. The Labute approximate surface area is 182 Å². The van der Waals surface area contributed by atoms with Gasteiger partial charge in [-0.25, -0.2) is 9.97 Å². The van der Waals surface area contributed by atoms with Crippen LogP contribution in [-0.2, 0) is 0 Å². The van der Waals surface area contributed by atoms with Crippen molar-refractivity contribution in [3.05, 3.63) is 97.3 Å². The average molecular weight is 404 g/mol. The summed E-state index contributed by atoms with van der Waals surface area (Å²) in [5, 5.41) is 3.45. The minimum atomic E-state index is 0.291. The maximum Gasteiger partial charge on any atom is 0.137 e. The van der Waals surface area contributed by atoms with Crippen LogP contribution in [-0.4, -0.2) is 20.4 Å². The number of anilines is 1. The van der Waals surface area contributed by atoms with Gasteiger partial charge in [-0.15, -0.1) is 0 Å². The molecule has 0 fully saturated rings. The summed E-state index contributed by atoms with van der Waals surface area (Å²) in [5.41, 5.74) is 7.31. The van der Waals surface area contributed by atoms with Gasteiger partial charge in [0.1, 0.15) is 11.5 Å². The third-order valence-electron chi connectivity index (χ3n) is 5.18. The van der Waals surface area contributed by atoms with Crippen molar-refractivity contribution in [1.82, 2.24) is 14.4 Å². The van der Waals surface area contributed by atoms with Gasteiger partial charge in [0, 0.05) is 23.4 Å². The molecule has 3 aromatic heterocycles. The third-order valence-corrected chi connectivity index (χ3v) is 5.18. The molecule has 4 heteroatoms. The number of fused-ring (bicyclic) bond motifs is 1. The monoisotopic (exact) mass is 403 g/mol. The van der Waals surface area contributed by atoms with Gasteiger partial charge in [-0.05, 0) is 61.4 Å². The van der Waals surface area contributed by atoms with Crippen molar-refractivity contribution >= 4 is 11.5 Å². The summed E-state index contributed by atoms with van der Waals surface area (Å²) >= 11 is 0. The van der Waals surface area contributed by atoms with Crippen molar-refractivity contribution < 1.29 is 0 Å². The minimum Gasteiger partial charge on any atom is -0.368 e. The molecule has 0 spiro atoms. The van der Waals surface area contributed by atoms with Crippen LogP contribution in [0.15, 0.2) is 91.3 Å². The fourth-order valence-electron chi connectivity index (χ4n) is 3.75. The summed E-state index contributed by atoms with van der Waals surface area (Å²) < 4.78 is 2.12. The van der Waals surface area contributed by atoms with E-state index in [1.54, 1.807) is 0 Å². The Kier molecular flexibility index (Phi) is 4.97. The Morgan fingerprint density at radius 3 is 2.48 bits per heavy atom. The highest BCUT2D eigenvalue weighted by atomic mass is 15.0. The highest BCUT2D eigenvalue weighted by Crippen LogP contribution is 2.30. The van der Waals surface area contributed by atoms with Gasteiger partial charge in [0.05, 0.1) is 17.6 Å². The number of pyridine rings is 2. The van der Waals surface area contributed by atoms with Gasteiger partial charge in [-0.2, -0.15) is 0 Å². The quantitative estimate of drug-likeness (QED) is 0.372. The van der Waals surface area contributed by atoms with Gasteiger partial charge in [0.25, 0.3) is 0 Å². The van der Waals surface area contributed by atoms with Crippen molar-refractivity contribution in [2.24, 2.45) is 0 Å². The normalized spacial score (nSPS) is 11.2. The van der Waals surface area contributed by atoms with Gasteiger partial charge >= 0.3 is 0 Å². The van der Waals surface area contributed by atoms with E-state index >= 15 is 0 Å². The number of hydrogen-bond acceptors (Lipinski definition) is 3. The highest BCUT2D eigenvalue weighted by molar-refractivity contribution is 5.75. The zero-order valence-corrected chi connectivity index (χ0v) is 17.6. The average Bonchev–Trinajstić information content (AvgIpc) is 3.23. The zero-order chi connectivity index (χ0) is 21.2. The number of hydrogen-bond donors (Lipinski definition) is 1. The summed E-state index contributed by atoms with van der Waals surface area (Å²) in [5.74, 6) is 0.859. The second-order valence-corrected chi connectivity index (χ2v) is 7.87. The van der Waals surface area contributed by atoms with E-state index in [1.165, 1.54) is 0 Å². The standard InChI is InChI=1S/C27H23N4/c1-19(2)29-26-16-23(15-24(30-26)21-11-7-4-8-12-21)25-18-28-27-17-22(13-14-31(25)27)20-9-5-3-6-10-20/h3-5,7-19H,1-2H3,(H,29,30). The molecule has 0 bridgehead atoms. The molecular weight excluding hydrogens is 380 g/mol. The van der Waals surface area contributed by atoms with Crippen LogP contribution in [0, 0.1) is 6.07 Å². The number of nitrogens with one attached hydrogen (secondary N) is 1. The molecule has 0 aliphatic carbocycles. The first kappa shape index (κ1) is 19.1. The van der Waals surface area contributed by atoms with E-state index in [0.717, 1.165) is 45.1 Å². The van der Waals surface area contributed by atoms with E-state index in [2.05, 4.69) is 83.3 Å². The van der Waals surface area contributed by atoms with E-state index in [-0.39, 0.29) is 0 Å². The lowest BCUT2D eigenvalue weighted by molar-refractivity contribution is 0.890. The third kappa shape index (κ3) is 3.92. The van der Waals surface area contributed by atoms with E-state index in [1.807, 2.05) is 42.6 Å². The maximum atomic E-state index is 4.84. The molecule has 0 saturated carbocycles. The van der Waals surface area contributed by atoms with Crippen LogP contribution in [0.5, 0.6) is 0 Å². The fraction of sp³-hybridized carbons (Fsp3) is 0.111. The second-order valence-electron chi connectivity index (χ2n) is 7.87. The molecule has 5 rings (SSSR count). The van der Waals surface area contributed by atoms with E-state index in [9.17, 15) is 0 Å². The Morgan fingerprint density at radius 1 is 0.871 bits per heavy atom. The molecule has 31 heavy (non-hydrogen) atoms. The Balaban J connectivity index is 1.62. The summed E-state index contributed by atoms with van der Waals surface area (Å²) in [4.78, 5) is 9.53. The van der Waals surface area contributed by atoms with Crippen LogP contribution in [0.2, 0.25) is 0 Å². The van der Waals surface area contributed by atoms with Crippen molar-refractivity contribution in [3.63, 3.8) is 0 Å². The molecular formula is C27H23N4. The summed E-state index contributed by atoms with van der Waals surface area (Å²) in [7, 11) is 0. The van der Waals surface area contributed by atoms with E-state index in [4.69, 9.17) is 4.98 Å². The smallest absolute Gasteiger partial charge is 0.137 e. The zero-order valence-electron chi connectivity index (χ0n) is 17.6. The first-order valence-electron chi connectivity index (χ1n) is 10.5. The van der Waals surface area contributed by atoms with Crippen LogP contribution in [0.1, 0.15) is 13.8 Å². The number of benzene rings is 2. The molecule has 151 valence electrons. The molecule has 4 nitrogen and oxygen atoms in total. The Morgan fingerprint density at radius 2 is 1.71 bits per heavy atom. The van der Waals surface area contributed by atoms with Crippen molar-refractivity contribution in [1.29, 1.82) is 0 Å². The molecule has 0 amide bonds. The lowest BCUT2D eigenvalue weighted by Crippen LogP contribution is -2.11. The van der Waals surface area contributed by atoms with Gasteiger partial charge in [-0.1, -0.05) is 48.5 Å². The Hall–Kier alpha value is -3.92. The van der Waals surface area contributed by atoms with Crippen molar-refractivity contribution in [2.45, 2.75) is 19.9 Å². The molecule has 0 unspecified atom stereocenters. The molecule has 0 saturated heterocycles. The molecule has 2 aromatic carbocycles. The molecule has 0 aliphatic rings. The van der Waals surface area contributed by atoms with Crippen LogP contribution in [0.3, 0.4) is 0 Å². The SMILES string of the molecule is CC(C)Nc1cc(-c2cnc3cc(-c4c[c]ccc4)ccn23)cc(-c2ccccc2)n1. The van der Waals surface area contributed by atoms with Gasteiger partial charge in [-0.3, -0.25) is 4.40 Å². The van der Waals surface area contributed by atoms with Crippen LogP contribution < -0.4 is 5.32 Å². The topological polar surface area (TPSA) is 42.2 Å². The molecule has 0 atom stereocenters. The number of aromatic nitrogens is 3. The van der Waals surface area contributed by atoms with Crippen molar-refractivity contribution in [3.8, 4) is 33.6 Å². The molecule has 3 heterocycles. The molecule has 1 N–H and O–H groups in total. The van der Waals surface area contributed by atoms with Gasteiger partial charge in [0.2, 0.25) is 0 Å². The molecule has 0 aliphatic heterocycles. The van der Waals surface area contributed by atoms with Gasteiger partial charge < -0.3 is 5.32 Å². The second kappa shape index (κ2) is 8.07. The van der Waals surface area contributed by atoms with Crippen LogP contribution in [0.25, 0.3) is 39.3 Å². The predicted octanol–water partition coefficient (Wildman–Crippen LogP) is 6.35. The first-order valence-corrected chi connectivity index (χ1v) is 10.5. The lowest BCUT2D eigenvalue weighted by atomic mass is 10.1. The van der Waals surface area contributed by atoms with Gasteiger partial charge in [0.15, 0.2) is 0 Å². The fourth-order valence-corrected chi connectivity index (χ4v) is 3.75. The van der Waals surface area contributed by atoms with Crippen LogP contribution >= 0.6 is 0 Å². The number of imidazole rings is 1. The predicted molar refractivity (Wildman–Crippen MR) is 127 cm³/mol. The highest BCUT2D eigenvalue weighted by Gasteiger charge is 2.12. The first-order chi connectivity index (χ1) is 15.2. The van der Waals surface area contributed by atoms with E-state index < -0.39 is 0 Å². The maximum absolute atomic E-state index is 4.84. The van der Waals surface area contributed by atoms with E-state index in [0.29, 0.717) is 6.04 Å². The summed E-state index contributed by atoms with van der Waals surface area (Å²) in [6.45, 7) is 4.24. The number of rotatable bonds is 5. The Bertz CT molecular complexity index is 1320. The lowest BCUT2D eigenvalue weighted by Gasteiger charge is -2.13. The minimum absolute atomic E-state index is 0.291. The van der Waals surface area contributed by atoms with Crippen LogP contribution in [0.4, 0.5) is 5.82 Å². The molecule has 5 aromatic rings. The number of nitrogens with zero attached hydrogens (tertiary/aromatic N) is 3.